The van der Waals surface area contributed by atoms with Gasteiger partial charge in [-0.1, -0.05) is 158 Å². The molecule has 28 heavy (non-hydrogen) atoms. The molecule has 0 radical (unpaired) electrons. The van der Waals surface area contributed by atoms with Crippen LogP contribution in [0.5, 0.6) is 0 Å². The normalized spacial score (nSPS) is 30.3. The van der Waals surface area contributed by atoms with Crippen LogP contribution in [0.15, 0.2) is 158 Å². The van der Waals surface area contributed by atoms with E-state index in [-0.39, 0.29) is 0 Å². The summed E-state index contributed by atoms with van der Waals surface area (Å²) >= 11 is 0. The van der Waals surface area contributed by atoms with Gasteiger partial charge >= 0.3 is 0 Å². The smallest absolute Gasteiger partial charge is 0.0313 e. The van der Waals surface area contributed by atoms with Gasteiger partial charge in [0.1, 0.15) is 0 Å². The average molecular weight is 367 g/mol. The number of allylic oxidation sites excluding steroid dienone is 26. The van der Waals surface area contributed by atoms with Gasteiger partial charge in [-0.2, -0.15) is 0 Å². The summed E-state index contributed by atoms with van der Waals surface area (Å²) in [4.78, 5) is 0. The molecule has 0 fully saturated rings. The Labute approximate surface area is 171 Å². The molecule has 1 aliphatic rings. The van der Waals surface area contributed by atoms with Crippen LogP contribution in [0, 0.1) is 0 Å². The van der Waals surface area contributed by atoms with Crippen LogP contribution in [0.4, 0.5) is 0 Å². The van der Waals surface area contributed by atoms with Crippen molar-refractivity contribution in [2.24, 2.45) is 0 Å². The van der Waals surface area contributed by atoms with Crippen LogP contribution in [0.25, 0.3) is 0 Å². The first-order chi connectivity index (χ1) is 14.0. The van der Waals surface area contributed by atoms with Crippen LogP contribution < -0.4 is 0 Å². The highest BCUT2D eigenvalue weighted by Gasteiger charge is 1.74. The maximum atomic E-state index is 2.18. The van der Waals surface area contributed by atoms with Crippen molar-refractivity contribution in [1.82, 2.24) is 0 Å². The fourth-order valence-corrected chi connectivity index (χ4v) is 1.95. The summed E-state index contributed by atoms with van der Waals surface area (Å²) < 4.78 is 0. The molecule has 0 nitrogen and oxygen atoms in total. The second-order valence-electron chi connectivity index (χ2n) is 5.67. The Morgan fingerprint density at radius 3 is 0.500 bits per heavy atom. The lowest BCUT2D eigenvalue weighted by molar-refractivity contribution is 1.05. The van der Waals surface area contributed by atoms with Crippen molar-refractivity contribution in [2.75, 3.05) is 0 Å². The van der Waals surface area contributed by atoms with E-state index in [1.807, 2.05) is 122 Å². The van der Waals surface area contributed by atoms with Gasteiger partial charge in [-0.15, -0.1) is 0 Å². The third kappa shape index (κ3) is 17.4. The zero-order chi connectivity index (χ0) is 19.8. The first-order valence-electron chi connectivity index (χ1n) is 9.65. The van der Waals surface area contributed by atoms with Crippen molar-refractivity contribution in [2.45, 2.75) is 12.8 Å². The van der Waals surface area contributed by atoms with Gasteiger partial charge < -0.3 is 0 Å². The fourth-order valence-electron chi connectivity index (χ4n) is 1.95. The van der Waals surface area contributed by atoms with Crippen molar-refractivity contribution < 1.29 is 0 Å². The van der Waals surface area contributed by atoms with Gasteiger partial charge in [0.2, 0.25) is 0 Å². The molecule has 0 bridgehead atoms. The molecular weight excluding hydrogens is 336 g/mol. The summed E-state index contributed by atoms with van der Waals surface area (Å²) in [5.74, 6) is 0. The summed E-state index contributed by atoms with van der Waals surface area (Å²) in [5, 5.41) is 0. The van der Waals surface area contributed by atoms with Gasteiger partial charge in [0.05, 0.1) is 0 Å². The molecule has 0 aromatic rings. The SMILES string of the molecule is C1=CCC/C=C/C=C\C=C\C=C\C=C\C=C/C=C/C=C/C=C/C=C\C=C/C=C\1. The summed E-state index contributed by atoms with van der Waals surface area (Å²) in [6, 6.07) is 0. The highest BCUT2D eigenvalue weighted by atomic mass is 13.8. The van der Waals surface area contributed by atoms with Gasteiger partial charge in [-0.25, -0.2) is 0 Å². The van der Waals surface area contributed by atoms with Gasteiger partial charge in [0.15, 0.2) is 0 Å². The van der Waals surface area contributed by atoms with Crippen LogP contribution in [0.3, 0.4) is 0 Å². The zero-order valence-electron chi connectivity index (χ0n) is 16.4. The van der Waals surface area contributed by atoms with Crippen LogP contribution in [0.1, 0.15) is 12.8 Å². The van der Waals surface area contributed by atoms with Gasteiger partial charge in [0, 0.05) is 0 Å². The molecule has 0 atom stereocenters. The Hall–Kier alpha value is -3.38. The maximum Gasteiger partial charge on any atom is -0.0313 e. The molecule has 0 aromatic carbocycles. The molecule has 0 aromatic heterocycles. The molecule has 0 spiro atoms. The Bertz CT molecular complexity index is 695. The first kappa shape index (κ1) is 22.7. The molecule has 0 amide bonds. The fraction of sp³-hybridized carbons (Fsp3) is 0.0714. The van der Waals surface area contributed by atoms with Crippen molar-refractivity contribution >= 4 is 0 Å². The Kier molecular flexibility index (Phi) is 16.1. The Morgan fingerprint density at radius 2 is 0.321 bits per heavy atom. The minimum atomic E-state index is 1.05. The molecule has 0 saturated carbocycles. The molecule has 0 heterocycles. The second-order valence-corrected chi connectivity index (χ2v) is 5.67. The molecule has 0 saturated heterocycles. The largest absolute Gasteiger partial charge is 0.0842 e. The van der Waals surface area contributed by atoms with E-state index in [1.54, 1.807) is 0 Å². The second kappa shape index (κ2) is 19.9. The maximum absolute atomic E-state index is 2.18. The van der Waals surface area contributed by atoms with Gasteiger partial charge in [-0.05, 0) is 12.8 Å². The minimum absolute atomic E-state index is 1.05. The summed E-state index contributed by atoms with van der Waals surface area (Å²) in [6.07, 6.45) is 55.0. The van der Waals surface area contributed by atoms with E-state index in [9.17, 15) is 0 Å². The highest BCUT2D eigenvalue weighted by Crippen LogP contribution is 1.94. The molecule has 1 rings (SSSR count). The molecule has 0 unspecified atom stereocenters. The lowest BCUT2D eigenvalue weighted by Crippen LogP contribution is -1.63. The summed E-state index contributed by atoms with van der Waals surface area (Å²) in [6.45, 7) is 0. The van der Waals surface area contributed by atoms with Crippen LogP contribution in [-0.2, 0) is 0 Å². The van der Waals surface area contributed by atoms with Crippen molar-refractivity contribution in [3.63, 3.8) is 0 Å². The number of hydrogen-bond donors (Lipinski definition) is 0. The van der Waals surface area contributed by atoms with E-state index in [0.717, 1.165) is 12.8 Å². The topological polar surface area (TPSA) is 0 Å². The van der Waals surface area contributed by atoms with Crippen molar-refractivity contribution in [3.05, 3.63) is 158 Å². The number of rotatable bonds is 0. The lowest BCUT2D eigenvalue weighted by atomic mass is 10.2. The van der Waals surface area contributed by atoms with E-state index in [4.69, 9.17) is 0 Å². The zero-order valence-corrected chi connectivity index (χ0v) is 16.4. The molecule has 1 aliphatic carbocycles. The molecule has 0 aliphatic heterocycles. The van der Waals surface area contributed by atoms with Crippen molar-refractivity contribution in [1.29, 1.82) is 0 Å². The van der Waals surface area contributed by atoms with E-state index in [0.29, 0.717) is 0 Å². The summed E-state index contributed by atoms with van der Waals surface area (Å²) in [5.41, 5.74) is 0. The van der Waals surface area contributed by atoms with E-state index < -0.39 is 0 Å². The molecule has 0 heteroatoms. The third-order valence-corrected chi connectivity index (χ3v) is 3.33. The average Bonchev–Trinajstić information content (AvgIpc) is 2.71. The predicted octanol–water partition coefficient (Wildman–Crippen LogP) is 8.01. The summed E-state index contributed by atoms with van der Waals surface area (Å²) in [7, 11) is 0. The third-order valence-electron chi connectivity index (χ3n) is 3.33. The van der Waals surface area contributed by atoms with Gasteiger partial charge in [0.25, 0.3) is 0 Å². The Balaban J connectivity index is 2.61. The number of hydrogen-bond acceptors (Lipinski definition) is 0. The minimum Gasteiger partial charge on any atom is -0.0842 e. The standard InChI is InChI=1S/C28H30/c1-2-4-6-8-10-12-14-16-18-20-22-24-26-28-27-25-23-21-19-17-15-13-11-9-7-5-3-1/h1-26H,27-28H2/b2-1+,5-3-,6-4+,9-7+,10-8+,13-11+,14-12-,17-15+,18-16-,21-19-,22-20-,25-23+,26-24?. The Morgan fingerprint density at radius 1 is 0.179 bits per heavy atom. The van der Waals surface area contributed by atoms with Crippen LogP contribution in [-0.4, -0.2) is 0 Å². The quantitative estimate of drug-likeness (QED) is 0.407. The molecular formula is C28H30. The van der Waals surface area contributed by atoms with Crippen molar-refractivity contribution in [3.8, 4) is 0 Å². The molecule has 142 valence electrons. The van der Waals surface area contributed by atoms with E-state index in [1.165, 1.54) is 0 Å². The monoisotopic (exact) mass is 366 g/mol. The predicted molar refractivity (Wildman–Crippen MR) is 128 cm³/mol. The molecule has 0 N–H and O–H groups in total. The van der Waals surface area contributed by atoms with E-state index >= 15 is 0 Å². The van der Waals surface area contributed by atoms with Gasteiger partial charge in [-0.3, -0.25) is 0 Å². The van der Waals surface area contributed by atoms with Crippen LogP contribution in [0.2, 0.25) is 0 Å². The van der Waals surface area contributed by atoms with E-state index in [2.05, 4.69) is 36.5 Å². The lowest BCUT2D eigenvalue weighted by Gasteiger charge is -1.84. The first-order valence-corrected chi connectivity index (χ1v) is 9.65. The van der Waals surface area contributed by atoms with Crippen LogP contribution >= 0.6 is 0 Å². The highest BCUT2D eigenvalue weighted by molar-refractivity contribution is 5.23.